The lowest BCUT2D eigenvalue weighted by molar-refractivity contribution is -0.161. The Morgan fingerprint density at radius 1 is 1.06 bits per heavy atom. The Labute approximate surface area is 210 Å². The number of fused-ring (bicyclic) bond motifs is 2. The van der Waals surface area contributed by atoms with Gasteiger partial charge >= 0.3 is 5.97 Å². The molecule has 0 bridgehead atoms. The molecular weight excluding hydrogens is 442 g/mol. The summed E-state index contributed by atoms with van der Waals surface area (Å²) in [6.45, 7) is 8.43. The maximum absolute atomic E-state index is 11.9. The van der Waals surface area contributed by atoms with Crippen LogP contribution < -0.4 is 5.73 Å². The number of rotatable bonds is 4. The Kier molecular flexibility index (Phi) is 5.57. The Hall–Kier alpha value is -0.690. The third-order valence-electron chi connectivity index (χ3n) is 12.6. The fourth-order valence-corrected chi connectivity index (χ4v) is 11.1. The molecule has 2 spiro atoms. The van der Waals surface area contributed by atoms with E-state index in [-0.39, 0.29) is 48.3 Å². The molecular formula is C29H47NO5. The van der Waals surface area contributed by atoms with Gasteiger partial charge in [0.2, 0.25) is 0 Å². The molecule has 35 heavy (non-hydrogen) atoms. The summed E-state index contributed by atoms with van der Waals surface area (Å²) in [5.74, 6) is 2.21. The molecule has 4 N–H and O–H groups in total. The fourth-order valence-electron chi connectivity index (χ4n) is 11.1. The van der Waals surface area contributed by atoms with Crippen LogP contribution in [-0.2, 0) is 14.3 Å². The first-order valence-corrected chi connectivity index (χ1v) is 14.4. The van der Waals surface area contributed by atoms with Gasteiger partial charge in [-0.25, -0.2) is 0 Å². The van der Waals surface area contributed by atoms with Gasteiger partial charge in [0.15, 0.2) is 0 Å². The van der Waals surface area contributed by atoms with Crippen molar-refractivity contribution in [2.75, 3.05) is 6.54 Å². The molecule has 6 nitrogen and oxygen atoms in total. The molecule has 6 heteroatoms. The summed E-state index contributed by atoms with van der Waals surface area (Å²) in [5, 5.41) is 22.0. The zero-order valence-electron chi connectivity index (χ0n) is 22.2. The van der Waals surface area contributed by atoms with Crippen molar-refractivity contribution in [3.63, 3.8) is 0 Å². The van der Waals surface area contributed by atoms with Crippen LogP contribution in [0, 0.1) is 45.8 Å². The first kappa shape index (κ1) is 24.6. The first-order chi connectivity index (χ1) is 16.5. The molecule has 0 aromatic carbocycles. The van der Waals surface area contributed by atoms with Crippen molar-refractivity contribution in [3.8, 4) is 0 Å². The van der Waals surface area contributed by atoms with Crippen LogP contribution in [0.25, 0.3) is 0 Å². The molecule has 12 unspecified atom stereocenters. The number of aliphatic hydroxyl groups excluding tert-OH is 1. The standard InChI is InChI=1S/C29H47NO5/c1-16-17-5-6-18-19-13-20(31)25(22-7-8-23(34-22)26(2,3)33)27(19,4)11-12-29(18)15-28(17,29)10-9-21(16)35-24(32)14-30/h16-23,25,31,33H,5-15,30H2,1-4H3. The highest BCUT2D eigenvalue weighted by Crippen LogP contribution is 2.86. The van der Waals surface area contributed by atoms with Crippen molar-refractivity contribution in [1.29, 1.82) is 0 Å². The highest BCUT2D eigenvalue weighted by atomic mass is 16.5. The minimum Gasteiger partial charge on any atom is -0.461 e. The summed E-state index contributed by atoms with van der Waals surface area (Å²) in [7, 11) is 0. The van der Waals surface area contributed by atoms with Gasteiger partial charge in [0.1, 0.15) is 6.10 Å². The summed E-state index contributed by atoms with van der Waals surface area (Å²) >= 11 is 0. The van der Waals surface area contributed by atoms with E-state index in [1.54, 1.807) is 0 Å². The van der Waals surface area contributed by atoms with Gasteiger partial charge in [0, 0.05) is 5.92 Å². The second kappa shape index (κ2) is 7.91. The Morgan fingerprint density at radius 2 is 1.77 bits per heavy atom. The van der Waals surface area contributed by atoms with E-state index in [2.05, 4.69) is 13.8 Å². The van der Waals surface area contributed by atoms with Crippen molar-refractivity contribution in [3.05, 3.63) is 0 Å². The molecule has 0 aromatic rings. The highest BCUT2D eigenvalue weighted by Gasteiger charge is 2.79. The van der Waals surface area contributed by atoms with Crippen LogP contribution in [0.5, 0.6) is 0 Å². The second-order valence-corrected chi connectivity index (χ2v) is 14.2. The average Bonchev–Trinajstić information content (AvgIpc) is 3.05. The Balaban J connectivity index is 1.21. The van der Waals surface area contributed by atoms with Gasteiger partial charge in [0.05, 0.1) is 30.5 Å². The third-order valence-corrected chi connectivity index (χ3v) is 12.6. The van der Waals surface area contributed by atoms with Crippen LogP contribution in [0.15, 0.2) is 0 Å². The topological polar surface area (TPSA) is 102 Å². The van der Waals surface area contributed by atoms with E-state index in [0.29, 0.717) is 34.5 Å². The Morgan fingerprint density at radius 3 is 2.46 bits per heavy atom. The number of hydrogen-bond acceptors (Lipinski definition) is 6. The van der Waals surface area contributed by atoms with E-state index in [4.69, 9.17) is 15.2 Å². The second-order valence-electron chi connectivity index (χ2n) is 14.2. The largest absolute Gasteiger partial charge is 0.461 e. The number of carbonyl (C=O) groups is 1. The van der Waals surface area contributed by atoms with Crippen LogP contribution in [0.2, 0.25) is 0 Å². The SMILES string of the molecule is CC1C(OC(=O)CN)CCC23CC24CCC2(C)C(CC(O)C2C2CCC(C(C)(C)O)O2)C4CCC13. The minimum atomic E-state index is -0.831. The molecule has 6 aliphatic rings. The lowest BCUT2D eigenvalue weighted by Crippen LogP contribution is -2.52. The lowest BCUT2D eigenvalue weighted by atomic mass is 9.48. The summed E-state index contributed by atoms with van der Waals surface area (Å²) < 4.78 is 12.2. The molecule has 1 heterocycles. The van der Waals surface area contributed by atoms with Gasteiger partial charge in [-0.2, -0.15) is 0 Å². The van der Waals surface area contributed by atoms with E-state index >= 15 is 0 Å². The van der Waals surface area contributed by atoms with Crippen molar-refractivity contribution in [1.82, 2.24) is 0 Å². The van der Waals surface area contributed by atoms with E-state index in [1.807, 2.05) is 13.8 Å². The van der Waals surface area contributed by atoms with Crippen LogP contribution in [0.1, 0.15) is 91.9 Å². The van der Waals surface area contributed by atoms with Gasteiger partial charge in [-0.15, -0.1) is 0 Å². The summed E-state index contributed by atoms with van der Waals surface area (Å²) in [5.41, 5.74) is 5.66. The van der Waals surface area contributed by atoms with E-state index in [9.17, 15) is 15.0 Å². The lowest BCUT2D eigenvalue weighted by Gasteiger charge is -2.57. The molecule has 12 atom stereocenters. The quantitative estimate of drug-likeness (QED) is 0.519. The number of carbonyl (C=O) groups excluding carboxylic acids is 1. The molecule has 0 aromatic heterocycles. The molecule has 5 saturated carbocycles. The van der Waals surface area contributed by atoms with Crippen LogP contribution in [0.4, 0.5) is 0 Å². The zero-order valence-corrected chi connectivity index (χ0v) is 22.2. The molecule has 6 rings (SSSR count). The van der Waals surface area contributed by atoms with Crippen molar-refractivity contribution >= 4 is 5.97 Å². The summed E-state index contributed by atoms with van der Waals surface area (Å²) in [6.07, 6.45) is 10.8. The molecule has 5 aliphatic carbocycles. The molecule has 0 amide bonds. The monoisotopic (exact) mass is 489 g/mol. The predicted octanol–water partition coefficient (Wildman–Crippen LogP) is 3.81. The fraction of sp³-hybridized carbons (Fsp3) is 0.966. The normalized spacial score (nSPS) is 54.9. The van der Waals surface area contributed by atoms with Crippen molar-refractivity contribution in [2.45, 2.75) is 122 Å². The average molecular weight is 490 g/mol. The minimum absolute atomic E-state index is 0.0191. The third kappa shape index (κ3) is 3.31. The Bertz CT molecular complexity index is 872. The predicted molar refractivity (Wildman–Crippen MR) is 132 cm³/mol. The smallest absolute Gasteiger partial charge is 0.319 e. The maximum Gasteiger partial charge on any atom is 0.319 e. The van der Waals surface area contributed by atoms with E-state index in [1.165, 1.54) is 38.5 Å². The first-order valence-electron chi connectivity index (χ1n) is 14.4. The summed E-state index contributed by atoms with van der Waals surface area (Å²) in [4.78, 5) is 11.9. The molecule has 0 radical (unpaired) electrons. The summed E-state index contributed by atoms with van der Waals surface area (Å²) in [6, 6.07) is 0. The molecule has 198 valence electrons. The van der Waals surface area contributed by atoms with Gasteiger partial charge in [0.25, 0.3) is 0 Å². The van der Waals surface area contributed by atoms with E-state index in [0.717, 1.165) is 25.7 Å². The van der Waals surface area contributed by atoms with Crippen LogP contribution in [0.3, 0.4) is 0 Å². The number of hydrogen-bond donors (Lipinski definition) is 3. The van der Waals surface area contributed by atoms with Gasteiger partial charge in [-0.05, 0) is 118 Å². The van der Waals surface area contributed by atoms with Crippen LogP contribution in [-0.4, -0.2) is 52.7 Å². The van der Waals surface area contributed by atoms with Gasteiger partial charge in [-0.1, -0.05) is 13.8 Å². The zero-order chi connectivity index (χ0) is 25.0. The van der Waals surface area contributed by atoms with E-state index < -0.39 is 5.60 Å². The van der Waals surface area contributed by atoms with Crippen molar-refractivity contribution in [2.24, 2.45) is 51.6 Å². The van der Waals surface area contributed by atoms with Gasteiger partial charge in [-0.3, -0.25) is 4.79 Å². The number of nitrogens with two attached hydrogens (primary N) is 1. The molecule has 6 fully saturated rings. The van der Waals surface area contributed by atoms with Crippen molar-refractivity contribution < 1.29 is 24.5 Å². The maximum atomic E-state index is 11.9. The highest BCUT2D eigenvalue weighted by molar-refractivity contribution is 5.71. The number of aliphatic hydroxyl groups is 2. The molecule has 1 saturated heterocycles. The van der Waals surface area contributed by atoms with Gasteiger partial charge < -0.3 is 25.4 Å². The number of esters is 1. The van der Waals surface area contributed by atoms with Crippen LogP contribution >= 0.6 is 0 Å². The molecule has 1 aliphatic heterocycles. The number of ether oxygens (including phenoxy) is 2.